The number of hydrazone groups is 1. The summed E-state index contributed by atoms with van der Waals surface area (Å²) in [6, 6.07) is 12.7. The summed E-state index contributed by atoms with van der Waals surface area (Å²) in [7, 11) is 0. The van der Waals surface area contributed by atoms with Crippen LogP contribution in [-0.4, -0.2) is 31.2 Å². The quantitative estimate of drug-likeness (QED) is 0.274. The van der Waals surface area contributed by atoms with Gasteiger partial charge < -0.3 is 14.8 Å². The van der Waals surface area contributed by atoms with Gasteiger partial charge in [-0.1, -0.05) is 31.0 Å². The lowest BCUT2D eigenvalue weighted by atomic mass is 10.1. The molecule has 0 atom stereocenters. The highest BCUT2D eigenvalue weighted by Crippen LogP contribution is 2.28. The van der Waals surface area contributed by atoms with Gasteiger partial charge in [-0.05, 0) is 48.7 Å². The zero-order chi connectivity index (χ0) is 21.8. The van der Waals surface area contributed by atoms with Crippen molar-refractivity contribution in [1.29, 1.82) is 0 Å². The van der Waals surface area contributed by atoms with Crippen LogP contribution >= 0.6 is 0 Å². The van der Waals surface area contributed by atoms with E-state index >= 15 is 0 Å². The number of carbonyl (C=O) groups is 2. The number of benzene rings is 2. The van der Waals surface area contributed by atoms with Gasteiger partial charge in [-0.3, -0.25) is 9.59 Å². The van der Waals surface area contributed by atoms with Crippen molar-refractivity contribution in [3.8, 4) is 23.8 Å². The van der Waals surface area contributed by atoms with Crippen molar-refractivity contribution < 1.29 is 19.1 Å². The summed E-state index contributed by atoms with van der Waals surface area (Å²) in [6.45, 7) is 4.45. The highest BCUT2D eigenvalue weighted by Gasteiger charge is 2.11. The summed E-state index contributed by atoms with van der Waals surface area (Å²) in [5.41, 5.74) is 4.75. The number of terminal acetylenes is 1. The molecule has 7 heteroatoms. The molecular weight excluding hydrogens is 382 g/mol. The van der Waals surface area contributed by atoms with Crippen LogP contribution in [0.25, 0.3) is 0 Å². The third-order valence-corrected chi connectivity index (χ3v) is 3.97. The lowest BCUT2D eigenvalue weighted by Gasteiger charge is -2.10. The molecule has 30 heavy (non-hydrogen) atoms. The van der Waals surface area contributed by atoms with Crippen LogP contribution in [0.2, 0.25) is 0 Å². The first-order valence-corrected chi connectivity index (χ1v) is 9.60. The Kier molecular flexibility index (Phi) is 8.94. The predicted molar refractivity (Wildman–Crippen MR) is 117 cm³/mol. The summed E-state index contributed by atoms with van der Waals surface area (Å²) >= 11 is 0. The normalized spacial score (nSPS) is 10.3. The average molecular weight is 407 g/mol. The topological polar surface area (TPSA) is 89.0 Å². The number of para-hydroxylation sites is 1. The Hall–Kier alpha value is -3.79. The largest absolute Gasteiger partial charge is 0.490 e. The lowest BCUT2D eigenvalue weighted by molar-refractivity contribution is -0.126. The molecule has 0 saturated carbocycles. The zero-order valence-corrected chi connectivity index (χ0v) is 17.1. The molecule has 0 radical (unpaired) electrons. The van der Waals surface area contributed by atoms with Crippen molar-refractivity contribution >= 4 is 23.7 Å². The van der Waals surface area contributed by atoms with Crippen LogP contribution in [0.15, 0.2) is 47.6 Å². The minimum Gasteiger partial charge on any atom is -0.490 e. The van der Waals surface area contributed by atoms with Crippen LogP contribution in [0.1, 0.15) is 31.4 Å². The Morgan fingerprint density at radius 1 is 1.10 bits per heavy atom. The summed E-state index contributed by atoms with van der Waals surface area (Å²) < 4.78 is 11.0. The summed E-state index contributed by atoms with van der Waals surface area (Å²) in [5, 5.41) is 6.64. The summed E-state index contributed by atoms with van der Waals surface area (Å²) in [5.74, 6) is 2.53. The van der Waals surface area contributed by atoms with E-state index in [2.05, 4.69) is 21.8 Å². The number of amides is 2. The molecule has 0 aliphatic rings. The van der Waals surface area contributed by atoms with Crippen molar-refractivity contribution in [2.24, 2.45) is 5.10 Å². The van der Waals surface area contributed by atoms with Gasteiger partial charge in [0.25, 0.3) is 0 Å². The van der Waals surface area contributed by atoms with Crippen molar-refractivity contribution in [3.63, 3.8) is 0 Å². The first kappa shape index (κ1) is 22.5. The Morgan fingerprint density at radius 2 is 1.90 bits per heavy atom. The SMILES string of the molecule is C#CCOc1ccc(C=NNC(=O)CC(=O)Nc2ccccc2CC)cc1OCC. The number of hydrogen-bond acceptors (Lipinski definition) is 5. The van der Waals surface area contributed by atoms with Gasteiger partial charge in [-0.25, -0.2) is 5.43 Å². The minimum atomic E-state index is -0.517. The minimum absolute atomic E-state index is 0.133. The van der Waals surface area contributed by atoms with Crippen LogP contribution in [0.3, 0.4) is 0 Å². The van der Waals surface area contributed by atoms with E-state index in [1.807, 2.05) is 32.0 Å². The number of aryl methyl sites for hydroxylation is 1. The molecular formula is C23H25N3O4. The molecule has 0 bridgehead atoms. The number of rotatable bonds is 10. The predicted octanol–water partition coefficient (Wildman–Crippen LogP) is 3.14. The van der Waals surface area contributed by atoms with E-state index in [0.29, 0.717) is 29.4 Å². The number of carbonyl (C=O) groups excluding carboxylic acids is 2. The molecule has 0 saturated heterocycles. The molecule has 2 rings (SSSR count). The van der Waals surface area contributed by atoms with E-state index < -0.39 is 11.8 Å². The monoisotopic (exact) mass is 407 g/mol. The number of nitrogens with one attached hydrogen (secondary N) is 2. The second-order valence-electron chi connectivity index (χ2n) is 6.16. The van der Waals surface area contributed by atoms with Crippen molar-refractivity contribution in [1.82, 2.24) is 5.43 Å². The Bertz CT molecular complexity index is 948. The molecule has 2 aromatic carbocycles. The van der Waals surface area contributed by atoms with Gasteiger partial charge in [0.05, 0.1) is 12.8 Å². The van der Waals surface area contributed by atoms with Crippen LogP contribution in [0.4, 0.5) is 5.69 Å². The van der Waals surface area contributed by atoms with Gasteiger partial charge in [0.1, 0.15) is 13.0 Å². The van der Waals surface area contributed by atoms with Crippen LogP contribution in [-0.2, 0) is 16.0 Å². The molecule has 2 amide bonds. The third kappa shape index (κ3) is 6.99. The van der Waals surface area contributed by atoms with Crippen LogP contribution in [0, 0.1) is 12.3 Å². The molecule has 0 unspecified atom stereocenters. The fraction of sp³-hybridized carbons (Fsp3) is 0.261. The smallest absolute Gasteiger partial charge is 0.249 e. The number of ether oxygens (including phenoxy) is 2. The zero-order valence-electron chi connectivity index (χ0n) is 17.1. The van der Waals surface area contributed by atoms with E-state index in [-0.39, 0.29) is 13.0 Å². The maximum absolute atomic E-state index is 12.1. The average Bonchev–Trinajstić information content (AvgIpc) is 2.73. The van der Waals surface area contributed by atoms with Crippen LogP contribution < -0.4 is 20.2 Å². The molecule has 0 aliphatic carbocycles. The second-order valence-corrected chi connectivity index (χ2v) is 6.16. The first-order chi connectivity index (χ1) is 14.6. The highest BCUT2D eigenvalue weighted by molar-refractivity contribution is 6.04. The first-order valence-electron chi connectivity index (χ1n) is 9.60. The molecule has 0 spiro atoms. The maximum Gasteiger partial charge on any atom is 0.249 e. The Balaban J connectivity index is 1.91. The molecule has 7 nitrogen and oxygen atoms in total. The molecule has 2 aromatic rings. The van der Waals surface area contributed by atoms with Gasteiger partial charge >= 0.3 is 0 Å². The third-order valence-electron chi connectivity index (χ3n) is 3.97. The van der Waals surface area contributed by atoms with E-state index in [4.69, 9.17) is 15.9 Å². The standard InChI is InChI=1S/C23H25N3O4/c1-4-13-30-20-12-11-17(14-21(20)29-6-3)16-24-26-23(28)15-22(27)25-19-10-8-7-9-18(19)5-2/h1,7-12,14,16H,5-6,13,15H2,2-3H3,(H,25,27)(H,26,28). The van der Waals surface area contributed by atoms with Crippen LogP contribution in [0.5, 0.6) is 11.5 Å². The molecule has 0 aliphatic heterocycles. The molecule has 156 valence electrons. The molecule has 2 N–H and O–H groups in total. The summed E-state index contributed by atoms with van der Waals surface area (Å²) in [6.07, 6.45) is 7.11. The van der Waals surface area contributed by atoms with Gasteiger partial charge in [-0.2, -0.15) is 5.10 Å². The molecule has 0 fully saturated rings. The van der Waals surface area contributed by atoms with Gasteiger partial charge in [0.2, 0.25) is 11.8 Å². The van der Waals surface area contributed by atoms with E-state index in [1.54, 1.807) is 24.3 Å². The van der Waals surface area contributed by atoms with Crippen molar-refractivity contribution in [2.75, 3.05) is 18.5 Å². The highest BCUT2D eigenvalue weighted by atomic mass is 16.5. The summed E-state index contributed by atoms with van der Waals surface area (Å²) in [4.78, 5) is 24.1. The van der Waals surface area contributed by atoms with Gasteiger partial charge in [0, 0.05) is 5.69 Å². The molecule has 0 heterocycles. The Labute approximate surface area is 176 Å². The lowest BCUT2D eigenvalue weighted by Crippen LogP contribution is -2.25. The number of hydrogen-bond donors (Lipinski definition) is 2. The van der Waals surface area contributed by atoms with E-state index in [1.165, 1.54) is 6.21 Å². The van der Waals surface area contributed by atoms with Gasteiger partial charge in [0.15, 0.2) is 11.5 Å². The van der Waals surface area contributed by atoms with Crippen molar-refractivity contribution in [2.45, 2.75) is 26.7 Å². The fourth-order valence-electron chi connectivity index (χ4n) is 2.62. The second kappa shape index (κ2) is 11.9. The van der Waals surface area contributed by atoms with E-state index in [0.717, 1.165) is 12.0 Å². The van der Waals surface area contributed by atoms with Crippen molar-refractivity contribution in [3.05, 3.63) is 53.6 Å². The molecule has 0 aromatic heterocycles. The van der Waals surface area contributed by atoms with E-state index in [9.17, 15) is 9.59 Å². The number of nitrogens with zero attached hydrogens (tertiary/aromatic N) is 1. The van der Waals surface area contributed by atoms with Gasteiger partial charge in [-0.15, -0.1) is 6.42 Å². The Morgan fingerprint density at radius 3 is 2.63 bits per heavy atom. The number of anilines is 1. The maximum atomic E-state index is 12.1. The fourth-order valence-corrected chi connectivity index (χ4v) is 2.62.